The summed E-state index contributed by atoms with van der Waals surface area (Å²) in [4.78, 5) is 40.9. The zero-order chi connectivity index (χ0) is 28.2. The SMILES string of the molecule is [2H]C([2H])(Oc1cccc2c1CN([C@@H]1C(=O)NC(=O)C([2H])([2H])C1([2H])[2H])C2=O)c1ccc(CN2CCOCC2)cc1. The van der Waals surface area contributed by atoms with Crippen molar-refractivity contribution in [1.29, 1.82) is 0 Å². The summed E-state index contributed by atoms with van der Waals surface area (Å²) in [6, 6.07) is 9.39. The smallest absolute Gasteiger partial charge is 0.255 e. The number of fused-ring (bicyclic) bond motifs is 1. The third-order valence-electron chi connectivity index (χ3n) is 5.81. The van der Waals surface area contributed by atoms with E-state index in [1.54, 1.807) is 12.1 Å². The third kappa shape index (κ3) is 4.62. The van der Waals surface area contributed by atoms with E-state index in [0.29, 0.717) is 19.8 Å². The fourth-order valence-corrected chi connectivity index (χ4v) is 4.07. The molecule has 0 bridgehead atoms. The molecule has 1 N–H and O–H groups in total. The molecule has 0 aliphatic carbocycles. The number of hydrogen-bond acceptors (Lipinski definition) is 6. The summed E-state index contributed by atoms with van der Waals surface area (Å²) >= 11 is 0. The van der Waals surface area contributed by atoms with Crippen LogP contribution in [0.2, 0.25) is 0 Å². The number of carbonyl (C=O) groups is 3. The molecule has 3 amide bonds. The standard InChI is InChI=1S/C25H27N3O5/c29-23-9-8-21(24(30)26-23)28-15-20-19(25(28)31)2-1-3-22(20)33-16-18-6-4-17(5-7-18)14-27-10-12-32-13-11-27/h1-7,21H,8-16H2,(H,26,29,30)/t21-/m0/s1/i8D2,9D2,16D2. The van der Waals surface area contributed by atoms with Gasteiger partial charge in [0.25, 0.3) is 5.91 Å². The van der Waals surface area contributed by atoms with Gasteiger partial charge in [-0.3, -0.25) is 24.6 Å². The van der Waals surface area contributed by atoms with Crippen LogP contribution in [-0.2, 0) is 34.0 Å². The molecule has 3 heterocycles. The lowest BCUT2D eigenvalue weighted by Gasteiger charge is -2.29. The largest absolute Gasteiger partial charge is 0.489 e. The Balaban J connectivity index is 1.36. The molecule has 2 fully saturated rings. The Morgan fingerprint density at radius 2 is 1.85 bits per heavy atom. The van der Waals surface area contributed by atoms with E-state index in [9.17, 15) is 14.4 Å². The van der Waals surface area contributed by atoms with Crippen LogP contribution in [0.5, 0.6) is 5.75 Å². The van der Waals surface area contributed by atoms with Crippen molar-refractivity contribution < 1.29 is 32.1 Å². The van der Waals surface area contributed by atoms with Gasteiger partial charge in [-0.15, -0.1) is 0 Å². The molecule has 0 unspecified atom stereocenters. The number of benzene rings is 2. The highest BCUT2D eigenvalue weighted by molar-refractivity contribution is 6.05. The number of hydrogen-bond donors (Lipinski definition) is 1. The first-order valence-corrected chi connectivity index (χ1v) is 10.7. The van der Waals surface area contributed by atoms with Crippen LogP contribution in [0, 0.1) is 0 Å². The topological polar surface area (TPSA) is 88.2 Å². The number of amides is 3. The van der Waals surface area contributed by atoms with Gasteiger partial charge in [-0.25, -0.2) is 0 Å². The monoisotopic (exact) mass is 455 g/mol. The minimum Gasteiger partial charge on any atom is -0.489 e. The zero-order valence-electron chi connectivity index (χ0n) is 23.8. The van der Waals surface area contributed by atoms with Gasteiger partial charge in [-0.2, -0.15) is 0 Å². The van der Waals surface area contributed by atoms with Crippen LogP contribution < -0.4 is 10.1 Å². The summed E-state index contributed by atoms with van der Waals surface area (Å²) in [5, 5.41) is 1.82. The van der Waals surface area contributed by atoms with Gasteiger partial charge in [0, 0.05) is 42.6 Å². The molecule has 3 aliphatic heterocycles. The van der Waals surface area contributed by atoms with Crippen LogP contribution in [0.4, 0.5) is 0 Å². The van der Waals surface area contributed by atoms with Crippen molar-refractivity contribution in [3.63, 3.8) is 0 Å². The van der Waals surface area contributed by atoms with Crippen molar-refractivity contribution >= 4 is 17.7 Å². The molecule has 0 spiro atoms. The second-order valence-corrected chi connectivity index (χ2v) is 8.00. The van der Waals surface area contributed by atoms with Crippen molar-refractivity contribution in [3.8, 4) is 5.75 Å². The number of nitrogens with one attached hydrogen (secondary N) is 1. The lowest BCUT2D eigenvalue weighted by molar-refractivity contribution is -0.136. The molecule has 8 heteroatoms. The normalized spacial score (nSPS) is 27.3. The minimum absolute atomic E-state index is 0.0293. The van der Waals surface area contributed by atoms with Gasteiger partial charge in [0.15, 0.2) is 0 Å². The molecule has 3 aliphatic rings. The highest BCUT2D eigenvalue weighted by Crippen LogP contribution is 2.34. The molecule has 1 atom stereocenters. The Morgan fingerprint density at radius 1 is 1.09 bits per heavy atom. The van der Waals surface area contributed by atoms with Gasteiger partial charge in [-0.05, 0) is 29.6 Å². The number of ether oxygens (including phenoxy) is 2. The summed E-state index contributed by atoms with van der Waals surface area (Å²) in [5.74, 6) is -3.26. The molecule has 5 rings (SSSR count). The van der Waals surface area contributed by atoms with Crippen LogP contribution in [-0.4, -0.2) is 59.9 Å². The Kier molecular flexibility index (Phi) is 4.40. The second kappa shape index (κ2) is 9.33. The Labute approximate surface area is 200 Å². The summed E-state index contributed by atoms with van der Waals surface area (Å²) < 4.78 is 60.5. The molecular formula is C25H27N3O5. The molecule has 2 aromatic rings. The van der Waals surface area contributed by atoms with Crippen LogP contribution in [0.15, 0.2) is 42.5 Å². The predicted octanol–water partition coefficient (Wildman–Crippen LogP) is 1.86. The molecular weight excluding hydrogens is 422 g/mol. The number of morpholine rings is 1. The third-order valence-corrected chi connectivity index (χ3v) is 5.81. The quantitative estimate of drug-likeness (QED) is 0.669. The molecule has 0 aromatic heterocycles. The highest BCUT2D eigenvalue weighted by Gasteiger charge is 2.40. The Bertz CT molecular complexity index is 1310. The number of carbonyl (C=O) groups excluding carboxylic acids is 3. The van der Waals surface area contributed by atoms with Crippen LogP contribution >= 0.6 is 0 Å². The summed E-state index contributed by atoms with van der Waals surface area (Å²) in [7, 11) is 0. The zero-order valence-corrected chi connectivity index (χ0v) is 17.8. The molecule has 2 aromatic carbocycles. The molecule has 172 valence electrons. The van der Waals surface area contributed by atoms with Gasteiger partial charge in [-0.1, -0.05) is 30.3 Å². The molecule has 8 nitrogen and oxygen atoms in total. The number of imide groups is 1. The summed E-state index contributed by atoms with van der Waals surface area (Å²) in [5.41, 5.74) is 1.57. The second-order valence-electron chi connectivity index (χ2n) is 8.00. The Morgan fingerprint density at radius 3 is 2.64 bits per heavy atom. The predicted molar refractivity (Wildman–Crippen MR) is 119 cm³/mol. The van der Waals surface area contributed by atoms with E-state index in [2.05, 4.69) is 4.90 Å². The van der Waals surface area contributed by atoms with Crippen LogP contribution in [0.3, 0.4) is 0 Å². The fraction of sp³-hybridized carbons (Fsp3) is 0.400. The first-order chi connectivity index (χ1) is 18.3. The average Bonchev–Trinajstić information content (AvgIpc) is 3.21. The van der Waals surface area contributed by atoms with Crippen molar-refractivity contribution in [3.05, 3.63) is 64.7 Å². The summed E-state index contributed by atoms with van der Waals surface area (Å²) in [6.07, 6.45) is -6.08. The molecule has 0 saturated carbocycles. The number of piperidine rings is 1. The van der Waals surface area contributed by atoms with E-state index < -0.39 is 43.1 Å². The number of nitrogens with zero attached hydrogens (tertiary/aromatic N) is 2. The fourth-order valence-electron chi connectivity index (χ4n) is 4.07. The molecule has 33 heavy (non-hydrogen) atoms. The first-order valence-electron chi connectivity index (χ1n) is 13.7. The molecule has 2 saturated heterocycles. The van der Waals surface area contributed by atoms with Gasteiger partial charge < -0.3 is 14.4 Å². The van der Waals surface area contributed by atoms with Crippen molar-refractivity contribution in [1.82, 2.24) is 15.1 Å². The van der Waals surface area contributed by atoms with Crippen molar-refractivity contribution in [2.45, 2.75) is 38.4 Å². The first kappa shape index (κ1) is 15.6. The number of rotatable bonds is 6. The van der Waals surface area contributed by atoms with Gasteiger partial charge in [0.2, 0.25) is 11.8 Å². The van der Waals surface area contributed by atoms with E-state index in [1.807, 2.05) is 17.4 Å². The lowest BCUT2D eigenvalue weighted by Crippen LogP contribution is -2.52. The van der Waals surface area contributed by atoms with E-state index >= 15 is 0 Å². The van der Waals surface area contributed by atoms with Gasteiger partial charge in [0.1, 0.15) is 18.4 Å². The maximum Gasteiger partial charge on any atom is 0.255 e. The summed E-state index contributed by atoms with van der Waals surface area (Å²) in [6.45, 7) is 1.10. The van der Waals surface area contributed by atoms with E-state index in [0.717, 1.165) is 23.6 Å². The molecule has 0 radical (unpaired) electrons. The van der Waals surface area contributed by atoms with E-state index in [4.69, 9.17) is 17.7 Å². The van der Waals surface area contributed by atoms with Crippen molar-refractivity contribution in [2.75, 3.05) is 26.3 Å². The van der Waals surface area contributed by atoms with Crippen LogP contribution in [0.1, 0.15) is 48.0 Å². The lowest BCUT2D eigenvalue weighted by atomic mass is 10.0. The van der Waals surface area contributed by atoms with Crippen LogP contribution in [0.25, 0.3) is 0 Å². The van der Waals surface area contributed by atoms with Gasteiger partial charge >= 0.3 is 0 Å². The average molecular weight is 456 g/mol. The maximum absolute atomic E-state index is 13.2. The minimum atomic E-state index is -3.06. The van der Waals surface area contributed by atoms with Crippen molar-refractivity contribution in [2.24, 2.45) is 0 Å². The highest BCUT2D eigenvalue weighted by atomic mass is 16.5. The Hall–Kier alpha value is -3.23. The van der Waals surface area contributed by atoms with E-state index in [1.165, 1.54) is 18.2 Å². The van der Waals surface area contributed by atoms with E-state index in [-0.39, 0.29) is 29.0 Å². The maximum atomic E-state index is 13.2. The van der Waals surface area contributed by atoms with Gasteiger partial charge in [0.05, 0.1) is 22.5 Å².